The third-order valence-corrected chi connectivity index (χ3v) is 18.4. The second kappa shape index (κ2) is 70.2. The van der Waals surface area contributed by atoms with Gasteiger partial charge in [-0.25, -0.2) is 0 Å². The minimum Gasteiger partial charge on any atom is -0.545 e. The average Bonchev–Trinajstić information content (AvgIpc) is 3.62. The molecule has 0 heterocycles. The van der Waals surface area contributed by atoms with Crippen LogP contribution in [0.1, 0.15) is 425 Å². The number of carboxylic acids is 1. The van der Waals surface area contributed by atoms with E-state index in [1.165, 1.54) is 360 Å². The standard InChI is InChI=1S/C78H153NO8/c1-6-8-10-12-14-16-18-20-22-24-26-28-30-32-34-36-37-38-39-40-41-43-45-47-49-51-53-55-57-59-61-63-65-67-69-76(81)87-74(73-86-78(77(82)83)84-71-70-79(3,4)5)72-85-75(80)68-66-64-62-60-58-56-54-52-50-48-46-44-42-35-33-31-29-27-25-23-21-19-17-15-13-11-9-7-2/h74,78H,6-73H2,1-5H3. The number of rotatable bonds is 75. The van der Waals surface area contributed by atoms with Crippen molar-refractivity contribution in [2.24, 2.45) is 0 Å². The number of hydrogen-bond donors (Lipinski definition) is 0. The highest BCUT2D eigenvalue weighted by atomic mass is 16.7. The smallest absolute Gasteiger partial charge is 0.306 e. The number of carbonyl (C=O) groups is 3. The maximum absolute atomic E-state index is 13.0. The molecule has 0 fully saturated rings. The quantitative estimate of drug-likeness (QED) is 0.0256. The Morgan fingerprint density at radius 1 is 0.299 bits per heavy atom. The summed E-state index contributed by atoms with van der Waals surface area (Å²) in [5, 5.41) is 11.8. The van der Waals surface area contributed by atoms with Gasteiger partial charge >= 0.3 is 11.9 Å². The molecule has 0 saturated heterocycles. The molecule has 9 nitrogen and oxygen atoms in total. The molecule has 0 radical (unpaired) electrons. The van der Waals surface area contributed by atoms with Crippen LogP contribution in [0.3, 0.4) is 0 Å². The van der Waals surface area contributed by atoms with Crippen molar-refractivity contribution in [3.05, 3.63) is 0 Å². The van der Waals surface area contributed by atoms with Crippen molar-refractivity contribution in [3.8, 4) is 0 Å². The van der Waals surface area contributed by atoms with Crippen LogP contribution >= 0.6 is 0 Å². The van der Waals surface area contributed by atoms with E-state index in [0.29, 0.717) is 17.4 Å². The molecule has 0 saturated carbocycles. The highest BCUT2D eigenvalue weighted by Crippen LogP contribution is 2.20. The number of hydrogen-bond acceptors (Lipinski definition) is 8. The van der Waals surface area contributed by atoms with E-state index in [9.17, 15) is 19.5 Å². The summed E-state index contributed by atoms with van der Waals surface area (Å²) in [4.78, 5) is 37.6. The number of carboxylic acid groups (broad SMARTS) is 1. The van der Waals surface area contributed by atoms with Gasteiger partial charge in [0.2, 0.25) is 0 Å². The Kier molecular flexibility index (Phi) is 68.8. The molecule has 0 aliphatic rings. The van der Waals surface area contributed by atoms with E-state index >= 15 is 0 Å². The van der Waals surface area contributed by atoms with Crippen LogP contribution in [0, 0.1) is 0 Å². The fourth-order valence-corrected chi connectivity index (χ4v) is 12.4. The number of ether oxygens (including phenoxy) is 4. The molecule has 0 amide bonds. The van der Waals surface area contributed by atoms with Gasteiger partial charge in [0.1, 0.15) is 13.2 Å². The van der Waals surface area contributed by atoms with Crippen LogP contribution in [-0.4, -0.2) is 82.3 Å². The Labute approximate surface area is 543 Å². The van der Waals surface area contributed by atoms with Gasteiger partial charge in [-0.05, 0) is 12.8 Å². The van der Waals surface area contributed by atoms with Gasteiger partial charge in [0.25, 0.3) is 0 Å². The van der Waals surface area contributed by atoms with Crippen LogP contribution in [0.25, 0.3) is 0 Å². The summed E-state index contributed by atoms with van der Waals surface area (Å²) in [6.07, 6.45) is 82.3. The first-order chi connectivity index (χ1) is 42.6. The SMILES string of the molecule is CCCCCCCCCCCCCCCCCCCCCCCCCCCCCCCCCCCCC(=O)OC(COC(=O)CCCCCCCCCCCCCCCCCCCCCCCCCCCCCC)COC(OCC[N+](C)(C)C)C(=O)[O-]. The van der Waals surface area contributed by atoms with E-state index in [4.69, 9.17) is 18.9 Å². The molecule has 518 valence electrons. The van der Waals surface area contributed by atoms with Crippen LogP contribution in [0.5, 0.6) is 0 Å². The van der Waals surface area contributed by atoms with E-state index in [0.717, 1.165) is 38.5 Å². The molecule has 2 unspecified atom stereocenters. The van der Waals surface area contributed by atoms with E-state index in [1.54, 1.807) is 0 Å². The lowest BCUT2D eigenvalue weighted by Gasteiger charge is -2.26. The molecule has 0 rings (SSSR count). The maximum Gasteiger partial charge on any atom is 0.306 e. The highest BCUT2D eigenvalue weighted by molar-refractivity contribution is 5.70. The van der Waals surface area contributed by atoms with Crippen LogP contribution in [0.4, 0.5) is 0 Å². The molecule has 0 spiro atoms. The summed E-state index contributed by atoms with van der Waals surface area (Å²) >= 11 is 0. The molecular weight excluding hydrogens is 1080 g/mol. The summed E-state index contributed by atoms with van der Waals surface area (Å²) in [6.45, 7) is 4.86. The average molecular weight is 1230 g/mol. The van der Waals surface area contributed by atoms with E-state index < -0.39 is 24.3 Å². The zero-order valence-electron chi connectivity index (χ0n) is 59.5. The summed E-state index contributed by atoms with van der Waals surface area (Å²) < 4.78 is 22.9. The Morgan fingerprint density at radius 3 is 0.736 bits per heavy atom. The highest BCUT2D eigenvalue weighted by Gasteiger charge is 2.22. The first kappa shape index (κ1) is 85.3. The summed E-state index contributed by atoms with van der Waals surface area (Å²) in [6, 6.07) is 0. The third kappa shape index (κ3) is 71.6. The molecule has 0 bridgehead atoms. The second-order valence-electron chi connectivity index (χ2n) is 28.4. The van der Waals surface area contributed by atoms with Crippen molar-refractivity contribution >= 4 is 17.9 Å². The third-order valence-electron chi connectivity index (χ3n) is 18.4. The zero-order chi connectivity index (χ0) is 63.3. The first-order valence-corrected chi connectivity index (χ1v) is 39.2. The zero-order valence-corrected chi connectivity index (χ0v) is 59.5. The molecule has 2 atom stereocenters. The summed E-state index contributed by atoms with van der Waals surface area (Å²) in [5.74, 6) is -2.24. The van der Waals surface area contributed by atoms with Gasteiger partial charge in [-0.3, -0.25) is 9.59 Å². The summed E-state index contributed by atoms with van der Waals surface area (Å²) in [5.41, 5.74) is 0. The molecular formula is C78H153NO8. The van der Waals surface area contributed by atoms with Crippen molar-refractivity contribution in [3.63, 3.8) is 0 Å². The molecule has 0 aromatic carbocycles. The van der Waals surface area contributed by atoms with Gasteiger partial charge in [0, 0.05) is 12.8 Å². The maximum atomic E-state index is 13.0. The first-order valence-electron chi connectivity index (χ1n) is 39.2. The Morgan fingerprint density at radius 2 is 0.517 bits per heavy atom. The molecule has 0 N–H and O–H groups in total. The van der Waals surface area contributed by atoms with E-state index in [1.807, 2.05) is 21.1 Å². The molecule has 0 aliphatic heterocycles. The Bertz CT molecular complexity index is 1390. The fourth-order valence-electron chi connectivity index (χ4n) is 12.4. The number of nitrogens with zero attached hydrogens (tertiary/aromatic N) is 1. The normalized spacial score (nSPS) is 12.5. The van der Waals surface area contributed by atoms with Gasteiger partial charge in [-0.1, -0.05) is 399 Å². The van der Waals surface area contributed by atoms with E-state index in [-0.39, 0.29) is 32.2 Å². The van der Waals surface area contributed by atoms with Crippen LogP contribution in [-0.2, 0) is 33.3 Å². The molecule has 87 heavy (non-hydrogen) atoms. The van der Waals surface area contributed by atoms with Crippen molar-refractivity contribution < 1.29 is 42.9 Å². The second-order valence-corrected chi connectivity index (χ2v) is 28.4. The summed E-state index contributed by atoms with van der Waals surface area (Å²) in [7, 11) is 5.96. The molecule has 0 aromatic rings. The monoisotopic (exact) mass is 1230 g/mol. The van der Waals surface area contributed by atoms with Gasteiger partial charge in [-0.15, -0.1) is 0 Å². The van der Waals surface area contributed by atoms with Crippen LogP contribution in [0.15, 0.2) is 0 Å². The number of likely N-dealkylation sites (N-methyl/N-ethyl adjacent to an activating group) is 1. The Hall–Kier alpha value is -1.71. The molecule has 0 aromatic heterocycles. The Balaban J connectivity index is 3.96. The number of carbonyl (C=O) groups excluding carboxylic acids is 3. The number of unbranched alkanes of at least 4 members (excludes halogenated alkanes) is 60. The predicted octanol–water partition coefficient (Wildman–Crippen LogP) is 23.3. The minimum absolute atomic E-state index is 0.154. The largest absolute Gasteiger partial charge is 0.545 e. The topological polar surface area (TPSA) is 111 Å². The molecule has 9 heteroatoms. The van der Waals surface area contributed by atoms with Crippen molar-refractivity contribution in [2.45, 2.75) is 437 Å². The van der Waals surface area contributed by atoms with Gasteiger partial charge < -0.3 is 33.3 Å². The van der Waals surface area contributed by atoms with Gasteiger partial charge in [-0.2, -0.15) is 0 Å². The van der Waals surface area contributed by atoms with Crippen LogP contribution < -0.4 is 5.11 Å². The number of aliphatic carboxylic acids is 1. The van der Waals surface area contributed by atoms with Gasteiger partial charge in [0.05, 0.1) is 40.3 Å². The van der Waals surface area contributed by atoms with E-state index in [2.05, 4.69) is 13.8 Å². The van der Waals surface area contributed by atoms with Crippen LogP contribution in [0.2, 0.25) is 0 Å². The van der Waals surface area contributed by atoms with Gasteiger partial charge in [0.15, 0.2) is 12.4 Å². The minimum atomic E-state index is -1.62. The molecule has 0 aliphatic carbocycles. The number of esters is 2. The van der Waals surface area contributed by atoms with Crippen molar-refractivity contribution in [2.75, 3.05) is 47.5 Å². The lowest BCUT2D eigenvalue weighted by Crippen LogP contribution is -2.44. The predicted molar refractivity (Wildman–Crippen MR) is 371 cm³/mol. The number of quaternary nitrogens is 1. The lowest BCUT2D eigenvalue weighted by molar-refractivity contribution is -0.870. The van der Waals surface area contributed by atoms with Crippen molar-refractivity contribution in [1.29, 1.82) is 0 Å². The van der Waals surface area contributed by atoms with Crippen molar-refractivity contribution in [1.82, 2.24) is 0 Å². The fraction of sp³-hybridized carbons (Fsp3) is 0.962. The lowest BCUT2D eigenvalue weighted by atomic mass is 10.0.